The molecule has 0 fully saturated rings. The standard InChI is InChI=1S/C19H21F3N6/c1-26(2)17-8-13(6-7-15(17)20)16-4-3-5-18(25-16)27-11-24-28(12-27)10-14(9-23)19(21)22/h3-8,11H,9-10,12,23H2,1-2H3. The molecule has 2 aromatic rings. The van der Waals surface area contributed by atoms with Crippen molar-refractivity contribution in [3.63, 3.8) is 0 Å². The van der Waals surface area contributed by atoms with Gasteiger partial charge < -0.3 is 10.6 Å². The lowest BCUT2D eigenvalue weighted by Crippen LogP contribution is -2.29. The number of pyridine rings is 1. The van der Waals surface area contributed by atoms with E-state index < -0.39 is 6.08 Å². The molecule has 2 N–H and O–H groups in total. The third kappa shape index (κ3) is 4.25. The molecule has 0 aliphatic carbocycles. The number of hydrogen-bond donors (Lipinski definition) is 1. The smallest absolute Gasteiger partial charge is 0.272 e. The summed E-state index contributed by atoms with van der Waals surface area (Å²) in [5.74, 6) is 0.301. The third-order valence-electron chi connectivity index (χ3n) is 4.31. The number of hydrazone groups is 1. The first-order chi connectivity index (χ1) is 13.4. The predicted octanol–water partition coefficient (Wildman–Crippen LogP) is 3.09. The predicted molar refractivity (Wildman–Crippen MR) is 105 cm³/mol. The largest absolute Gasteiger partial charge is 0.375 e. The van der Waals surface area contributed by atoms with Crippen LogP contribution in [0.3, 0.4) is 0 Å². The fourth-order valence-corrected chi connectivity index (χ4v) is 2.79. The summed E-state index contributed by atoms with van der Waals surface area (Å²) in [7, 11) is 3.54. The van der Waals surface area contributed by atoms with Gasteiger partial charge in [-0.3, -0.25) is 9.91 Å². The molecule has 0 amide bonds. The minimum atomic E-state index is -1.77. The average molecular weight is 390 g/mol. The van der Waals surface area contributed by atoms with Gasteiger partial charge in [-0.1, -0.05) is 6.07 Å². The van der Waals surface area contributed by atoms with Gasteiger partial charge in [-0.05, 0) is 30.3 Å². The molecule has 0 atom stereocenters. The van der Waals surface area contributed by atoms with Crippen LogP contribution in [0.2, 0.25) is 0 Å². The van der Waals surface area contributed by atoms with E-state index >= 15 is 0 Å². The number of halogens is 3. The highest BCUT2D eigenvalue weighted by atomic mass is 19.3. The highest BCUT2D eigenvalue weighted by Gasteiger charge is 2.19. The molecular weight excluding hydrogens is 369 g/mol. The monoisotopic (exact) mass is 390 g/mol. The van der Waals surface area contributed by atoms with Crippen LogP contribution in [0.25, 0.3) is 11.3 Å². The Kier molecular flexibility index (Phi) is 5.84. The number of aromatic nitrogens is 1. The van der Waals surface area contributed by atoms with Crippen molar-refractivity contribution in [2.45, 2.75) is 0 Å². The Morgan fingerprint density at radius 2 is 2.00 bits per heavy atom. The molecule has 6 nitrogen and oxygen atoms in total. The second-order valence-corrected chi connectivity index (χ2v) is 6.52. The molecule has 0 radical (unpaired) electrons. The average Bonchev–Trinajstić information content (AvgIpc) is 3.15. The molecule has 3 rings (SSSR count). The van der Waals surface area contributed by atoms with Crippen molar-refractivity contribution < 1.29 is 13.2 Å². The number of anilines is 2. The minimum absolute atomic E-state index is 0.0460. The van der Waals surface area contributed by atoms with Crippen LogP contribution in [0.5, 0.6) is 0 Å². The minimum Gasteiger partial charge on any atom is -0.375 e. The molecule has 0 spiro atoms. The normalized spacial score (nSPS) is 13.2. The molecule has 28 heavy (non-hydrogen) atoms. The van der Waals surface area contributed by atoms with Gasteiger partial charge in [0.25, 0.3) is 6.08 Å². The van der Waals surface area contributed by atoms with Crippen LogP contribution in [-0.2, 0) is 0 Å². The maximum atomic E-state index is 13.9. The Balaban J connectivity index is 1.79. The zero-order valence-corrected chi connectivity index (χ0v) is 15.6. The van der Waals surface area contributed by atoms with Gasteiger partial charge in [0.2, 0.25) is 0 Å². The molecule has 2 heterocycles. The summed E-state index contributed by atoms with van der Waals surface area (Å²) in [5.41, 5.74) is 7.11. The second kappa shape index (κ2) is 8.30. The maximum Gasteiger partial charge on any atom is 0.272 e. The Bertz CT molecular complexity index is 908. The fraction of sp³-hybridized carbons (Fsp3) is 0.263. The van der Waals surface area contributed by atoms with E-state index in [2.05, 4.69) is 10.1 Å². The van der Waals surface area contributed by atoms with Crippen LogP contribution >= 0.6 is 0 Å². The number of nitrogens with two attached hydrogens (primary N) is 1. The van der Waals surface area contributed by atoms with E-state index in [1.807, 2.05) is 12.1 Å². The van der Waals surface area contributed by atoms with Gasteiger partial charge in [-0.2, -0.15) is 13.9 Å². The van der Waals surface area contributed by atoms with Crippen molar-refractivity contribution in [3.05, 3.63) is 53.9 Å². The van der Waals surface area contributed by atoms with E-state index in [0.29, 0.717) is 17.2 Å². The summed E-state index contributed by atoms with van der Waals surface area (Å²) in [6.07, 6.45) is -0.240. The fourth-order valence-electron chi connectivity index (χ4n) is 2.79. The number of benzene rings is 1. The SMILES string of the molecule is CN(C)c1cc(-c2cccc(N3C=NN(CC(CN)=C(F)F)C3)n2)ccc1F. The Morgan fingerprint density at radius 3 is 2.68 bits per heavy atom. The summed E-state index contributed by atoms with van der Waals surface area (Å²) >= 11 is 0. The molecule has 148 valence electrons. The summed E-state index contributed by atoms with van der Waals surface area (Å²) in [5, 5.41) is 5.61. The van der Waals surface area contributed by atoms with E-state index in [0.717, 1.165) is 5.56 Å². The Hall–Kier alpha value is -3.07. The van der Waals surface area contributed by atoms with Crippen molar-refractivity contribution in [2.24, 2.45) is 10.8 Å². The van der Waals surface area contributed by atoms with E-state index in [9.17, 15) is 13.2 Å². The van der Waals surface area contributed by atoms with Crippen LogP contribution in [0.15, 0.2) is 53.2 Å². The molecule has 1 aromatic heterocycles. The molecule has 0 bridgehead atoms. The molecule has 0 saturated heterocycles. The van der Waals surface area contributed by atoms with Gasteiger partial charge >= 0.3 is 0 Å². The lowest BCUT2D eigenvalue weighted by Gasteiger charge is -2.19. The lowest BCUT2D eigenvalue weighted by atomic mass is 10.1. The van der Waals surface area contributed by atoms with Crippen molar-refractivity contribution in [1.29, 1.82) is 0 Å². The van der Waals surface area contributed by atoms with Crippen molar-refractivity contribution >= 4 is 17.8 Å². The maximum absolute atomic E-state index is 13.9. The Morgan fingerprint density at radius 1 is 1.21 bits per heavy atom. The molecule has 0 unspecified atom stereocenters. The van der Waals surface area contributed by atoms with Gasteiger partial charge in [-0.25, -0.2) is 9.37 Å². The Labute approximate surface area is 161 Å². The van der Waals surface area contributed by atoms with Gasteiger partial charge in [0, 0.05) is 31.8 Å². The van der Waals surface area contributed by atoms with Gasteiger partial charge in [0.1, 0.15) is 24.6 Å². The number of rotatable bonds is 6. The lowest BCUT2D eigenvalue weighted by molar-refractivity contribution is 0.326. The summed E-state index contributed by atoms with van der Waals surface area (Å²) in [6, 6.07) is 10.3. The topological polar surface area (TPSA) is 61.0 Å². The zero-order chi connectivity index (χ0) is 20.3. The van der Waals surface area contributed by atoms with Crippen LogP contribution in [0.1, 0.15) is 0 Å². The second-order valence-electron chi connectivity index (χ2n) is 6.52. The van der Waals surface area contributed by atoms with E-state index in [4.69, 9.17) is 5.73 Å². The third-order valence-corrected chi connectivity index (χ3v) is 4.31. The molecule has 1 aromatic carbocycles. The quantitative estimate of drug-likeness (QED) is 0.821. The van der Waals surface area contributed by atoms with Crippen LogP contribution in [-0.4, -0.2) is 50.2 Å². The number of hydrogen-bond acceptors (Lipinski definition) is 6. The molecular formula is C19H21F3N6. The van der Waals surface area contributed by atoms with Gasteiger partial charge in [0.05, 0.1) is 17.9 Å². The highest BCUT2D eigenvalue weighted by molar-refractivity contribution is 5.79. The summed E-state index contributed by atoms with van der Waals surface area (Å²) in [4.78, 5) is 8.04. The highest BCUT2D eigenvalue weighted by Crippen LogP contribution is 2.27. The molecule has 1 aliphatic heterocycles. The van der Waals surface area contributed by atoms with Gasteiger partial charge in [0.15, 0.2) is 0 Å². The molecule has 0 saturated carbocycles. The molecule has 1 aliphatic rings. The van der Waals surface area contributed by atoms with Crippen molar-refractivity contribution in [2.75, 3.05) is 43.7 Å². The van der Waals surface area contributed by atoms with Crippen molar-refractivity contribution in [1.82, 2.24) is 9.99 Å². The van der Waals surface area contributed by atoms with Crippen molar-refractivity contribution in [3.8, 4) is 11.3 Å². The summed E-state index contributed by atoms with van der Waals surface area (Å²) in [6.45, 7) is 0.0101. The zero-order valence-electron chi connectivity index (χ0n) is 15.6. The van der Waals surface area contributed by atoms with Crippen LogP contribution in [0.4, 0.5) is 24.7 Å². The summed E-state index contributed by atoms with van der Waals surface area (Å²) < 4.78 is 39.5. The van der Waals surface area contributed by atoms with Gasteiger partial charge in [-0.15, -0.1) is 0 Å². The molecule has 9 heteroatoms. The first-order valence-electron chi connectivity index (χ1n) is 8.62. The first kappa shape index (κ1) is 19.7. The number of nitrogens with zero attached hydrogens (tertiary/aromatic N) is 5. The van der Waals surface area contributed by atoms with E-state index in [1.165, 1.54) is 17.4 Å². The van der Waals surface area contributed by atoms with Crippen LogP contribution in [0, 0.1) is 5.82 Å². The first-order valence-corrected chi connectivity index (χ1v) is 8.62. The van der Waals surface area contributed by atoms with Crippen LogP contribution < -0.4 is 15.5 Å². The van der Waals surface area contributed by atoms with E-state index in [-0.39, 0.29) is 31.1 Å². The van der Waals surface area contributed by atoms with E-state index in [1.54, 1.807) is 42.1 Å².